The molecule has 0 fully saturated rings. The van der Waals surface area contributed by atoms with Gasteiger partial charge in [-0.2, -0.15) is 0 Å². The normalized spacial score (nSPS) is 11.9. The molecule has 3 aliphatic rings. The zero-order chi connectivity index (χ0) is 86.7. The Morgan fingerprint density at radius 3 is 0.794 bits per heavy atom. The van der Waals surface area contributed by atoms with Crippen molar-refractivity contribution in [3.63, 3.8) is 0 Å². The fraction of sp³-hybridized carbons (Fsp3) is 0.00826. The maximum Gasteiger partial charge on any atom is 0.135 e. The van der Waals surface area contributed by atoms with Crippen LogP contribution in [0.3, 0.4) is 0 Å². The van der Waals surface area contributed by atoms with Crippen molar-refractivity contribution < 1.29 is 18.6 Å². The molecule has 10 heteroatoms. The van der Waals surface area contributed by atoms with Crippen molar-refractivity contribution in [2.45, 2.75) is 6.92 Å². The first kappa shape index (κ1) is 76.0. The summed E-state index contributed by atoms with van der Waals surface area (Å²) in [5.41, 5.74) is 28.1. The minimum absolute atomic E-state index is 0.267. The molecule has 0 N–H and O–H groups in total. The fourth-order valence-corrected chi connectivity index (χ4v) is 20.3. The number of hydrogen-bond acceptors (Lipinski definition) is 6. The van der Waals surface area contributed by atoms with E-state index in [1.165, 1.54) is 77.8 Å². The summed E-state index contributed by atoms with van der Waals surface area (Å²) in [6.07, 6.45) is 0. The summed E-state index contributed by atoms with van der Waals surface area (Å²) in [6, 6.07) is 161. The van der Waals surface area contributed by atoms with Crippen molar-refractivity contribution in [3.8, 4) is 84.9 Å². The van der Waals surface area contributed by atoms with Crippen LogP contribution >= 0.6 is 0 Å². The first-order chi connectivity index (χ1) is 64.8. The standard InChI is InChI=1S/C41H28N2O.C40H25FN2O.C40H26N2O/c1-27-18-20-29(21-19-27)42(37-25-23-33-32-13-6-8-16-39(32)44-40-17-9-14-34(37)41(33)40)30-22-24-38-35(26-30)31-12-5-7-15-36(31)43(38)28-10-3-2-4-11-28;41-26-17-19-28(20-18-26)42(36-24-22-32-31-12-5-7-15-38(31)44-39-16-8-13-33(36)40(32)39)29-21-23-37-34(25-29)30-11-4-6-14-35(30)43(37)27-9-2-1-3-10-27;1-3-12-27(13-4-1)41(36-25-23-32-31-17-8-10-20-38(31)43-39-21-11-18-33(36)40(32)39)29-22-24-37-34(26-29)30-16-7-9-19-35(30)42(37)28-14-5-2-6-15-28/h2-26H,1H3;1-25H;1-26H. The van der Waals surface area contributed by atoms with Crippen LogP contribution in [0.1, 0.15) is 5.56 Å². The number of para-hydroxylation sites is 10. The van der Waals surface area contributed by atoms with Crippen LogP contribution in [-0.2, 0) is 0 Å². The number of benzene rings is 21. The van der Waals surface area contributed by atoms with Gasteiger partial charge in [-0.15, -0.1) is 0 Å². The number of halogens is 1. The largest absolute Gasteiger partial charge is 0.456 e. The molecule has 0 bridgehead atoms. The van der Waals surface area contributed by atoms with Gasteiger partial charge in [0.15, 0.2) is 0 Å². The van der Waals surface area contributed by atoms with E-state index >= 15 is 0 Å². The van der Waals surface area contributed by atoms with Crippen LogP contribution in [0.25, 0.3) is 148 Å². The maximum absolute atomic E-state index is 14.2. The molecule has 24 aromatic rings. The third kappa shape index (κ3) is 12.7. The predicted octanol–water partition coefficient (Wildman–Crippen LogP) is 34.0. The molecule has 131 heavy (non-hydrogen) atoms. The average Bonchev–Trinajstić information content (AvgIpc) is 1.63. The van der Waals surface area contributed by atoms with Crippen LogP contribution in [0.5, 0.6) is 34.5 Å². The number of aromatic nitrogens is 3. The monoisotopic (exact) mass is 1680 g/mol. The minimum atomic E-state index is -0.267. The number of aryl methyl sites for hydroxylation is 1. The molecule has 0 aliphatic carbocycles. The van der Waals surface area contributed by atoms with Gasteiger partial charge in [-0.3, -0.25) is 0 Å². The van der Waals surface area contributed by atoms with E-state index in [1.807, 2.05) is 72.8 Å². The topological polar surface area (TPSA) is 52.2 Å². The Bertz CT molecular complexity index is 8330. The molecular weight excluding hydrogens is 1600 g/mol. The van der Waals surface area contributed by atoms with Crippen molar-refractivity contribution in [2.24, 2.45) is 0 Å². The predicted molar refractivity (Wildman–Crippen MR) is 540 cm³/mol. The van der Waals surface area contributed by atoms with E-state index in [2.05, 4.69) is 411 Å². The van der Waals surface area contributed by atoms with E-state index in [-0.39, 0.29) is 5.82 Å². The minimum Gasteiger partial charge on any atom is -0.456 e. The van der Waals surface area contributed by atoms with E-state index in [4.69, 9.17) is 14.2 Å². The first-order valence-electron chi connectivity index (χ1n) is 44.4. The van der Waals surface area contributed by atoms with Crippen LogP contribution < -0.4 is 28.9 Å². The Morgan fingerprint density at radius 1 is 0.191 bits per heavy atom. The Balaban J connectivity index is 0.000000106. The number of nitrogens with zero attached hydrogens (tertiary/aromatic N) is 6. The van der Waals surface area contributed by atoms with Crippen molar-refractivity contribution >= 4 is 149 Å². The molecule has 0 amide bonds. The molecule has 6 heterocycles. The third-order valence-electron chi connectivity index (χ3n) is 26.0. The zero-order valence-electron chi connectivity index (χ0n) is 71.2. The summed E-state index contributed by atoms with van der Waals surface area (Å²) in [6.45, 7) is 2.13. The second-order valence-corrected chi connectivity index (χ2v) is 33.5. The van der Waals surface area contributed by atoms with Gasteiger partial charge >= 0.3 is 0 Å². The maximum atomic E-state index is 14.2. The highest BCUT2D eigenvalue weighted by atomic mass is 19.1. The molecule has 0 atom stereocenters. The molecule has 0 saturated carbocycles. The Labute approximate surface area is 755 Å². The number of ether oxygens (including phenoxy) is 3. The number of rotatable bonds is 12. The number of anilines is 9. The lowest BCUT2D eigenvalue weighted by atomic mass is 9.93. The number of hydrogen-bond donors (Lipinski definition) is 0. The van der Waals surface area contributed by atoms with Gasteiger partial charge in [-0.05, 0) is 236 Å². The quantitative estimate of drug-likeness (QED) is 0.121. The SMILES string of the molecule is Cc1ccc(N(c2ccc3c(c2)c2ccccc2n3-c2ccccc2)c2ccc3c4c(cccc24)Oc2ccccc2-3)cc1.Fc1ccc(N(c2ccc3c(c2)c2ccccc2n3-c2ccccc2)c2ccc3c4c(cccc24)Oc2ccccc2-3)cc1.c1ccc(N(c2ccc3c(c2)c2ccccc2n3-c2ccccc2)c2ccc3c4c(cccc24)Oc2ccccc2-3)cc1. The second kappa shape index (κ2) is 31.3. The molecule has 21 aromatic carbocycles. The van der Waals surface area contributed by atoms with Gasteiger partial charge in [0.25, 0.3) is 0 Å². The summed E-state index contributed by atoms with van der Waals surface area (Å²) in [5, 5.41) is 14.0. The molecular formula is C121H79FN6O3. The molecule has 9 nitrogen and oxygen atoms in total. The van der Waals surface area contributed by atoms with Gasteiger partial charge in [-0.25, -0.2) is 4.39 Å². The molecule has 3 aromatic heterocycles. The molecule has 0 spiro atoms. The first-order valence-corrected chi connectivity index (χ1v) is 44.4. The lowest BCUT2D eigenvalue weighted by Crippen LogP contribution is -2.11. The van der Waals surface area contributed by atoms with Crippen molar-refractivity contribution in [1.29, 1.82) is 0 Å². The highest BCUT2D eigenvalue weighted by Crippen LogP contribution is 2.56. The van der Waals surface area contributed by atoms with Crippen LogP contribution in [0.4, 0.5) is 55.6 Å². The number of fused-ring (bicyclic) bond motifs is 15. The van der Waals surface area contributed by atoms with E-state index in [0.717, 1.165) is 174 Å². The van der Waals surface area contributed by atoms with Gasteiger partial charge in [0.1, 0.15) is 40.3 Å². The molecule has 3 aliphatic heterocycles. The summed E-state index contributed by atoms with van der Waals surface area (Å²) in [5.74, 6) is 5.00. The summed E-state index contributed by atoms with van der Waals surface area (Å²) >= 11 is 0. The van der Waals surface area contributed by atoms with Gasteiger partial charge < -0.3 is 42.6 Å². The molecule has 618 valence electrons. The molecule has 0 radical (unpaired) electrons. The summed E-state index contributed by atoms with van der Waals surface area (Å²) in [7, 11) is 0. The van der Waals surface area contributed by atoms with Crippen LogP contribution in [0, 0.1) is 12.7 Å². The smallest absolute Gasteiger partial charge is 0.135 e. The Morgan fingerprint density at radius 2 is 0.450 bits per heavy atom. The third-order valence-corrected chi connectivity index (χ3v) is 26.0. The summed E-state index contributed by atoms with van der Waals surface area (Å²) in [4.78, 5) is 6.98. The van der Waals surface area contributed by atoms with Crippen molar-refractivity contribution in [2.75, 3.05) is 14.7 Å². The van der Waals surface area contributed by atoms with Crippen molar-refractivity contribution in [3.05, 3.63) is 472 Å². The second-order valence-electron chi connectivity index (χ2n) is 33.5. The van der Waals surface area contributed by atoms with Crippen molar-refractivity contribution in [1.82, 2.24) is 13.7 Å². The van der Waals surface area contributed by atoms with E-state index in [9.17, 15) is 4.39 Å². The highest BCUT2D eigenvalue weighted by Gasteiger charge is 2.31. The van der Waals surface area contributed by atoms with Gasteiger partial charge in [-0.1, -0.05) is 254 Å². The highest BCUT2D eigenvalue weighted by molar-refractivity contribution is 6.18. The fourth-order valence-electron chi connectivity index (χ4n) is 20.3. The lowest BCUT2D eigenvalue weighted by Gasteiger charge is -2.29. The molecule has 0 unspecified atom stereocenters. The van der Waals surface area contributed by atoms with E-state index < -0.39 is 0 Å². The van der Waals surface area contributed by atoms with Crippen LogP contribution in [0.2, 0.25) is 0 Å². The zero-order valence-corrected chi connectivity index (χ0v) is 71.2. The summed E-state index contributed by atoms with van der Waals surface area (Å²) < 4.78 is 40.5. The molecule has 0 saturated heterocycles. The van der Waals surface area contributed by atoms with Crippen LogP contribution in [-0.4, -0.2) is 13.7 Å². The van der Waals surface area contributed by atoms with Gasteiger partial charge in [0, 0.05) is 133 Å². The lowest BCUT2D eigenvalue weighted by molar-refractivity contribution is 0.487. The van der Waals surface area contributed by atoms with Gasteiger partial charge in [0.05, 0.1) is 50.2 Å². The van der Waals surface area contributed by atoms with Crippen LogP contribution in [0.15, 0.2) is 461 Å². The van der Waals surface area contributed by atoms with Gasteiger partial charge in [0.2, 0.25) is 0 Å². The average molecular weight is 1680 g/mol. The van der Waals surface area contributed by atoms with E-state index in [0.29, 0.717) is 0 Å². The van der Waals surface area contributed by atoms with E-state index in [1.54, 1.807) is 0 Å². The molecule has 27 rings (SSSR count). The Kier molecular flexibility index (Phi) is 18.2. The Hall–Kier alpha value is -17.5.